The number of rotatable bonds is 9. The van der Waals surface area contributed by atoms with E-state index >= 15 is 0 Å². The van der Waals surface area contributed by atoms with Crippen LogP contribution >= 0.6 is 0 Å². The van der Waals surface area contributed by atoms with Gasteiger partial charge in [-0.05, 0) is 46.1 Å². The van der Waals surface area contributed by atoms with Crippen LogP contribution in [0.3, 0.4) is 0 Å². The first-order valence-corrected chi connectivity index (χ1v) is 11.0. The van der Waals surface area contributed by atoms with Crippen LogP contribution < -0.4 is 10.6 Å². The molecule has 3 rings (SSSR count). The molecule has 0 aliphatic carbocycles. The Morgan fingerprint density at radius 3 is 2.72 bits per heavy atom. The van der Waals surface area contributed by atoms with E-state index in [-0.39, 0.29) is 29.3 Å². The van der Waals surface area contributed by atoms with Crippen LogP contribution in [0, 0.1) is 0 Å². The molecule has 1 saturated heterocycles. The maximum Gasteiger partial charge on any atom is 0.356 e. The summed E-state index contributed by atoms with van der Waals surface area (Å²) in [5, 5.41) is 6.93. The largest absolute Gasteiger partial charge is 0.464 e. The Hall–Kier alpha value is -2.65. The number of amides is 1. The molecule has 1 amide bonds. The number of aromatic nitrogens is 2. The molecule has 3 heterocycles. The number of carbonyl (C=O) groups excluding carboxylic acids is 2. The van der Waals surface area contributed by atoms with Crippen molar-refractivity contribution in [3.8, 4) is 0 Å². The molecule has 0 saturated carbocycles. The second kappa shape index (κ2) is 9.87. The van der Waals surface area contributed by atoms with Crippen molar-refractivity contribution in [1.29, 1.82) is 0 Å². The van der Waals surface area contributed by atoms with Gasteiger partial charge < -0.3 is 29.4 Å². The highest BCUT2D eigenvalue weighted by Gasteiger charge is 2.28. The molecule has 1 aliphatic heterocycles. The zero-order valence-electron chi connectivity index (χ0n) is 19.8. The Morgan fingerprint density at radius 1 is 1.38 bits per heavy atom. The van der Waals surface area contributed by atoms with Crippen molar-refractivity contribution in [3.63, 3.8) is 0 Å². The van der Waals surface area contributed by atoms with Crippen LogP contribution in [-0.2, 0) is 25.5 Å². The van der Waals surface area contributed by atoms with Gasteiger partial charge in [-0.1, -0.05) is 0 Å². The van der Waals surface area contributed by atoms with Crippen molar-refractivity contribution in [2.24, 2.45) is 0 Å². The molecular formula is C23H34N4O5. The quantitative estimate of drug-likeness (QED) is 0.568. The Bertz CT molecular complexity index is 978. The smallest absolute Gasteiger partial charge is 0.356 e. The molecular weight excluding hydrogens is 412 g/mol. The highest BCUT2D eigenvalue weighted by atomic mass is 16.5. The van der Waals surface area contributed by atoms with Gasteiger partial charge in [-0.3, -0.25) is 4.79 Å². The first-order chi connectivity index (χ1) is 15.1. The fourth-order valence-corrected chi connectivity index (χ4v) is 4.24. The summed E-state index contributed by atoms with van der Waals surface area (Å²) >= 11 is 0. The van der Waals surface area contributed by atoms with Gasteiger partial charge in [0.15, 0.2) is 5.69 Å². The molecule has 2 aromatic rings. The van der Waals surface area contributed by atoms with Gasteiger partial charge in [0.25, 0.3) is 0 Å². The number of esters is 1. The summed E-state index contributed by atoms with van der Waals surface area (Å²) < 4.78 is 18.2. The molecule has 2 aromatic heterocycles. The van der Waals surface area contributed by atoms with Crippen molar-refractivity contribution >= 4 is 34.3 Å². The van der Waals surface area contributed by atoms with E-state index in [1.807, 2.05) is 19.9 Å². The van der Waals surface area contributed by atoms with Crippen LogP contribution in [0.1, 0.15) is 57.4 Å². The van der Waals surface area contributed by atoms with E-state index in [1.54, 1.807) is 17.9 Å². The second-order valence-electron chi connectivity index (χ2n) is 8.95. The summed E-state index contributed by atoms with van der Waals surface area (Å²) in [7, 11) is 3.03. The Labute approximate surface area is 188 Å². The van der Waals surface area contributed by atoms with E-state index in [2.05, 4.69) is 22.5 Å². The van der Waals surface area contributed by atoms with E-state index in [9.17, 15) is 9.59 Å². The molecule has 176 valence electrons. The Kier molecular flexibility index (Phi) is 7.40. The normalized spacial score (nSPS) is 17.4. The van der Waals surface area contributed by atoms with Gasteiger partial charge in [0.1, 0.15) is 5.65 Å². The number of fused-ring (bicyclic) bond motifs is 1. The lowest BCUT2D eigenvalue weighted by atomic mass is 10.00. The minimum Gasteiger partial charge on any atom is -0.464 e. The van der Waals surface area contributed by atoms with Crippen LogP contribution in [0.15, 0.2) is 12.3 Å². The summed E-state index contributed by atoms with van der Waals surface area (Å²) in [6.45, 7) is 8.72. The minimum atomic E-state index is -0.533. The highest BCUT2D eigenvalue weighted by molar-refractivity contribution is 6.10. The number of nitrogens with one attached hydrogen (secondary N) is 2. The molecule has 0 spiro atoms. The van der Waals surface area contributed by atoms with E-state index in [0.29, 0.717) is 29.9 Å². The van der Waals surface area contributed by atoms with Gasteiger partial charge in [-0.25, -0.2) is 9.78 Å². The number of nitrogens with zero attached hydrogens (tertiary/aromatic N) is 2. The minimum absolute atomic E-state index is 0.0184. The summed E-state index contributed by atoms with van der Waals surface area (Å²) in [6, 6.07) is 2.02. The summed E-state index contributed by atoms with van der Waals surface area (Å²) in [4.78, 5) is 29.4. The summed E-state index contributed by atoms with van der Waals surface area (Å²) in [5.74, 6) is -0.811. The molecule has 0 bridgehead atoms. The lowest BCUT2D eigenvalue weighted by molar-refractivity contribution is -0.114. The van der Waals surface area contributed by atoms with Gasteiger partial charge in [0, 0.05) is 32.1 Å². The second-order valence-corrected chi connectivity index (χ2v) is 8.95. The van der Waals surface area contributed by atoms with Crippen molar-refractivity contribution in [2.45, 2.75) is 71.2 Å². The van der Waals surface area contributed by atoms with Gasteiger partial charge >= 0.3 is 5.97 Å². The van der Waals surface area contributed by atoms with E-state index < -0.39 is 5.97 Å². The lowest BCUT2D eigenvalue weighted by Crippen LogP contribution is -2.31. The van der Waals surface area contributed by atoms with Crippen LogP contribution in [0.2, 0.25) is 0 Å². The third-order valence-electron chi connectivity index (χ3n) is 5.75. The number of carbonyl (C=O) groups is 2. The van der Waals surface area contributed by atoms with E-state index in [4.69, 9.17) is 14.2 Å². The zero-order chi connectivity index (χ0) is 23.5. The molecule has 0 unspecified atom stereocenters. The monoisotopic (exact) mass is 446 g/mol. The lowest BCUT2D eigenvalue weighted by Gasteiger charge is -2.27. The maximum atomic E-state index is 12.7. The number of methoxy groups -OCH3 is 2. The van der Waals surface area contributed by atoms with Crippen molar-refractivity contribution in [3.05, 3.63) is 18.0 Å². The predicted molar refractivity (Wildman–Crippen MR) is 123 cm³/mol. The number of anilines is 2. The fraction of sp³-hybridized carbons (Fsp3) is 0.609. The van der Waals surface area contributed by atoms with E-state index in [1.165, 1.54) is 14.0 Å². The molecule has 0 radical (unpaired) electrons. The number of ether oxygens (including phenoxy) is 3. The predicted octanol–water partition coefficient (Wildman–Crippen LogP) is 3.58. The first kappa shape index (κ1) is 24.0. The Morgan fingerprint density at radius 2 is 2.12 bits per heavy atom. The van der Waals surface area contributed by atoms with E-state index in [0.717, 1.165) is 24.9 Å². The van der Waals surface area contributed by atoms with Gasteiger partial charge in [-0.15, -0.1) is 0 Å². The third kappa shape index (κ3) is 5.39. The average Bonchev–Trinajstić information content (AvgIpc) is 3.34. The average molecular weight is 447 g/mol. The van der Waals surface area contributed by atoms with Gasteiger partial charge in [0.05, 0.1) is 42.9 Å². The zero-order valence-corrected chi connectivity index (χ0v) is 19.8. The number of hydrogen-bond donors (Lipinski definition) is 2. The van der Waals surface area contributed by atoms with Crippen molar-refractivity contribution in [1.82, 2.24) is 9.55 Å². The molecule has 32 heavy (non-hydrogen) atoms. The fourth-order valence-electron chi connectivity index (χ4n) is 4.24. The van der Waals surface area contributed by atoms with Crippen molar-refractivity contribution < 1.29 is 23.8 Å². The molecule has 9 heteroatoms. The molecule has 2 N–H and O–H groups in total. The standard InChI is InChI=1S/C23H34N4O5/c1-14(11-23(3,4)31-6)25-16-10-18-19(26-15(2)28)20(22(29)30-5)27(21(18)24-12-16)13-17-8-7-9-32-17/h10,12,14,17,25H,7-9,11,13H2,1-6H3,(H,26,28)/t14-,17-/m0/s1. The van der Waals surface area contributed by atoms with Gasteiger partial charge in [-0.2, -0.15) is 0 Å². The highest BCUT2D eigenvalue weighted by Crippen LogP contribution is 2.34. The third-order valence-corrected chi connectivity index (χ3v) is 5.75. The number of hydrogen-bond acceptors (Lipinski definition) is 7. The molecule has 1 aliphatic rings. The van der Waals surface area contributed by atoms with Crippen LogP contribution in [0.25, 0.3) is 11.0 Å². The summed E-state index contributed by atoms with van der Waals surface area (Å²) in [6.07, 6.45) is 4.39. The van der Waals surface area contributed by atoms with Crippen LogP contribution in [0.5, 0.6) is 0 Å². The molecule has 2 atom stereocenters. The topological polar surface area (TPSA) is 104 Å². The maximum absolute atomic E-state index is 12.7. The SMILES string of the molecule is COC(=O)c1c(NC(C)=O)c2cc(N[C@@H](C)CC(C)(C)OC)cnc2n1C[C@@H]1CCCO1. The summed E-state index contributed by atoms with van der Waals surface area (Å²) in [5.41, 5.74) is 1.78. The molecule has 0 aromatic carbocycles. The molecule has 9 nitrogen and oxygen atoms in total. The Balaban J connectivity index is 2.05. The van der Waals surface area contributed by atoms with Crippen molar-refractivity contribution in [2.75, 3.05) is 31.5 Å². The van der Waals surface area contributed by atoms with Crippen LogP contribution in [-0.4, -0.2) is 60.0 Å². The number of pyridine rings is 1. The first-order valence-electron chi connectivity index (χ1n) is 11.0. The molecule has 1 fully saturated rings. The van der Waals surface area contributed by atoms with Gasteiger partial charge in [0.2, 0.25) is 5.91 Å². The van der Waals surface area contributed by atoms with Crippen LogP contribution in [0.4, 0.5) is 11.4 Å².